The molecule has 256 valence electrons. The maximum absolute atomic E-state index is 5.11. The largest absolute Gasteiger partial charge is 0.307 e. The predicted octanol–water partition coefficient (Wildman–Crippen LogP) is 12.4. The lowest BCUT2D eigenvalue weighted by atomic mass is 9.93. The molecule has 0 saturated heterocycles. The van der Waals surface area contributed by atoms with Crippen LogP contribution >= 0.6 is 0 Å². The minimum Gasteiger partial charge on any atom is -0.307 e. The summed E-state index contributed by atoms with van der Waals surface area (Å²) in [6.07, 6.45) is 11.3. The number of allylic oxidation sites excluding steroid dienone is 4. The zero-order chi connectivity index (χ0) is 36.0. The molecule has 7 aromatic carbocycles. The van der Waals surface area contributed by atoms with Crippen LogP contribution in [-0.2, 0) is 0 Å². The minimum atomic E-state index is 0.0845. The minimum absolute atomic E-state index is 0.0845. The highest BCUT2D eigenvalue weighted by molar-refractivity contribution is 6.33. The van der Waals surface area contributed by atoms with E-state index in [-0.39, 0.29) is 5.92 Å². The monoisotopic (exact) mass is 701 g/mol. The van der Waals surface area contributed by atoms with Gasteiger partial charge in [0.05, 0.1) is 16.6 Å². The van der Waals surface area contributed by atoms with E-state index in [0.29, 0.717) is 11.6 Å². The van der Waals surface area contributed by atoms with Gasteiger partial charge in [-0.3, -0.25) is 4.98 Å². The number of rotatable bonds is 4. The second kappa shape index (κ2) is 11.6. The zero-order valence-corrected chi connectivity index (χ0v) is 29.7. The van der Waals surface area contributed by atoms with Gasteiger partial charge in [-0.05, 0) is 98.8 Å². The molecular formula is C50H31N5. The van der Waals surface area contributed by atoms with Crippen molar-refractivity contribution in [3.8, 4) is 50.7 Å². The fourth-order valence-electron chi connectivity index (χ4n) is 8.94. The molecule has 5 nitrogen and oxygen atoms in total. The summed E-state index contributed by atoms with van der Waals surface area (Å²) in [4.78, 5) is 20.3. The van der Waals surface area contributed by atoms with E-state index in [4.69, 9.17) is 19.9 Å². The molecule has 0 spiro atoms. The van der Waals surface area contributed by atoms with Crippen molar-refractivity contribution >= 4 is 54.3 Å². The molecule has 5 heteroatoms. The highest BCUT2D eigenvalue weighted by atomic mass is 15.0. The van der Waals surface area contributed by atoms with Crippen molar-refractivity contribution < 1.29 is 0 Å². The fourth-order valence-corrected chi connectivity index (χ4v) is 8.94. The van der Waals surface area contributed by atoms with Crippen LogP contribution in [-0.4, -0.2) is 24.5 Å². The van der Waals surface area contributed by atoms with E-state index in [1.165, 1.54) is 49.2 Å². The van der Waals surface area contributed by atoms with Crippen molar-refractivity contribution in [1.29, 1.82) is 0 Å². The van der Waals surface area contributed by atoms with Crippen LogP contribution < -0.4 is 0 Å². The fraction of sp³-hybridized carbons (Fsp3) is 0.0400. The highest BCUT2D eigenvalue weighted by Gasteiger charge is 2.27. The maximum Gasteiger partial charge on any atom is 0.163 e. The SMILES string of the molecule is C1=CCC(c2nc(-c3ccc(-n4c5ccc6cccc7c6c5c5c(cc6cccnc6c54)-c4ccccc4-7)cc3)nc(-c3ccc4ccccc4c3)n2)C=C1. The Morgan fingerprint density at radius 1 is 0.509 bits per heavy atom. The van der Waals surface area contributed by atoms with E-state index in [9.17, 15) is 0 Å². The highest BCUT2D eigenvalue weighted by Crippen LogP contribution is 2.51. The van der Waals surface area contributed by atoms with Crippen LogP contribution in [0.3, 0.4) is 0 Å². The number of fused-ring (bicyclic) bond motifs is 6. The summed E-state index contributed by atoms with van der Waals surface area (Å²) >= 11 is 0. The summed E-state index contributed by atoms with van der Waals surface area (Å²) in [5.41, 5.74) is 11.2. The van der Waals surface area contributed by atoms with Gasteiger partial charge in [-0.15, -0.1) is 0 Å². The van der Waals surface area contributed by atoms with Gasteiger partial charge in [0.15, 0.2) is 11.6 Å². The van der Waals surface area contributed by atoms with Crippen molar-refractivity contribution in [2.24, 2.45) is 0 Å². The molecule has 3 aromatic heterocycles. The molecule has 10 aromatic rings. The van der Waals surface area contributed by atoms with Crippen LogP contribution in [0.1, 0.15) is 18.2 Å². The molecule has 0 fully saturated rings. The van der Waals surface area contributed by atoms with Gasteiger partial charge in [-0.25, -0.2) is 15.0 Å². The van der Waals surface area contributed by atoms with Crippen LogP contribution in [0.5, 0.6) is 0 Å². The first-order valence-corrected chi connectivity index (χ1v) is 18.8. The van der Waals surface area contributed by atoms with Gasteiger partial charge >= 0.3 is 0 Å². The van der Waals surface area contributed by atoms with E-state index in [0.717, 1.165) is 56.4 Å². The first kappa shape index (κ1) is 30.2. The van der Waals surface area contributed by atoms with Crippen LogP contribution in [0.15, 0.2) is 170 Å². The smallest absolute Gasteiger partial charge is 0.163 e. The van der Waals surface area contributed by atoms with E-state index < -0.39 is 0 Å². The summed E-state index contributed by atoms with van der Waals surface area (Å²) in [7, 11) is 0. The molecule has 0 saturated carbocycles. The Balaban J connectivity index is 1.08. The van der Waals surface area contributed by atoms with Crippen molar-refractivity contribution in [3.05, 3.63) is 176 Å². The third-order valence-corrected chi connectivity index (χ3v) is 11.5. The van der Waals surface area contributed by atoms with E-state index in [2.05, 4.69) is 162 Å². The third-order valence-electron chi connectivity index (χ3n) is 11.5. The van der Waals surface area contributed by atoms with Gasteiger partial charge in [-0.1, -0.05) is 115 Å². The van der Waals surface area contributed by atoms with Crippen molar-refractivity contribution in [3.63, 3.8) is 0 Å². The lowest BCUT2D eigenvalue weighted by Crippen LogP contribution is -2.08. The molecule has 0 radical (unpaired) electrons. The topological polar surface area (TPSA) is 56.5 Å². The standard InChI is InChI=1S/C50H31N5/c1-2-11-32(12-3-1)48-52-49(54-50(53-48)36-20-19-30-10-4-5-13-34(30)28-36)33-21-24-37(25-22-33)55-42-26-23-31-14-8-18-40-38-16-6-7-17-39(38)41-29-35-15-9-27-51-46(35)47(55)44(41)45(42)43(31)40/h1-11,13-29,32H,12H2. The average Bonchev–Trinajstić information content (AvgIpc) is 3.56. The molecule has 2 aliphatic rings. The van der Waals surface area contributed by atoms with E-state index in [1.807, 2.05) is 12.3 Å². The van der Waals surface area contributed by atoms with Gasteiger partial charge in [-0.2, -0.15) is 0 Å². The first-order valence-electron chi connectivity index (χ1n) is 18.8. The van der Waals surface area contributed by atoms with Gasteiger partial charge in [0.1, 0.15) is 5.82 Å². The molecule has 0 aliphatic heterocycles. The molecule has 0 amide bonds. The van der Waals surface area contributed by atoms with Gasteiger partial charge < -0.3 is 4.57 Å². The first-order chi connectivity index (χ1) is 27.3. The number of hydrogen-bond acceptors (Lipinski definition) is 4. The molecule has 0 bridgehead atoms. The van der Waals surface area contributed by atoms with Gasteiger partial charge in [0, 0.05) is 45.1 Å². The number of nitrogens with zero attached hydrogens (tertiary/aromatic N) is 5. The molecule has 1 unspecified atom stereocenters. The Hall–Kier alpha value is -7.24. The lowest BCUT2D eigenvalue weighted by Gasteiger charge is -2.16. The second-order valence-electron chi connectivity index (χ2n) is 14.6. The molecule has 3 heterocycles. The summed E-state index contributed by atoms with van der Waals surface area (Å²) < 4.78 is 2.41. The van der Waals surface area contributed by atoms with Crippen molar-refractivity contribution in [1.82, 2.24) is 24.5 Å². The lowest BCUT2D eigenvalue weighted by molar-refractivity contribution is 0.764. The summed E-state index contributed by atoms with van der Waals surface area (Å²) in [6.45, 7) is 0. The van der Waals surface area contributed by atoms with Crippen molar-refractivity contribution in [2.45, 2.75) is 12.3 Å². The second-order valence-corrected chi connectivity index (χ2v) is 14.6. The Bertz CT molecular complexity index is 3300. The Morgan fingerprint density at radius 3 is 2.09 bits per heavy atom. The van der Waals surface area contributed by atoms with Crippen molar-refractivity contribution in [2.75, 3.05) is 0 Å². The zero-order valence-electron chi connectivity index (χ0n) is 29.7. The molecule has 1 atom stereocenters. The third kappa shape index (κ3) is 4.53. The normalized spacial score (nSPS) is 14.5. The van der Waals surface area contributed by atoms with E-state index >= 15 is 0 Å². The Kier molecular flexibility index (Phi) is 6.39. The van der Waals surface area contributed by atoms with Crippen LogP contribution in [0.2, 0.25) is 0 Å². The Morgan fingerprint density at radius 2 is 1.24 bits per heavy atom. The summed E-state index contributed by atoms with van der Waals surface area (Å²) in [5, 5.41) is 8.50. The molecule has 55 heavy (non-hydrogen) atoms. The van der Waals surface area contributed by atoms with Crippen LogP contribution in [0, 0.1) is 0 Å². The number of aromatic nitrogens is 5. The average molecular weight is 702 g/mol. The molecule has 12 rings (SSSR count). The molecular weight excluding hydrogens is 671 g/mol. The predicted molar refractivity (Wildman–Crippen MR) is 225 cm³/mol. The maximum atomic E-state index is 5.11. The van der Waals surface area contributed by atoms with E-state index in [1.54, 1.807) is 0 Å². The van der Waals surface area contributed by atoms with Crippen LogP contribution in [0.25, 0.3) is 105 Å². The van der Waals surface area contributed by atoms with Gasteiger partial charge in [0.25, 0.3) is 0 Å². The molecule has 0 N–H and O–H groups in total. The number of hydrogen-bond donors (Lipinski definition) is 0. The van der Waals surface area contributed by atoms with Crippen LogP contribution in [0.4, 0.5) is 0 Å². The van der Waals surface area contributed by atoms with Gasteiger partial charge in [0.2, 0.25) is 0 Å². The summed E-state index contributed by atoms with van der Waals surface area (Å²) in [6, 6.07) is 50.2. The molecule has 2 aliphatic carbocycles. The number of benzene rings is 7. The quantitative estimate of drug-likeness (QED) is 0.183. The summed E-state index contributed by atoms with van der Waals surface area (Å²) in [5.74, 6) is 2.22. The Labute approximate surface area is 316 Å². The number of pyridine rings is 1.